The second-order valence-corrected chi connectivity index (χ2v) is 12.4. The number of fused-ring (bicyclic) bond motifs is 9. The molecule has 0 atom stereocenters. The molecule has 8 aromatic carbocycles. The van der Waals surface area contributed by atoms with E-state index in [1.165, 1.54) is 0 Å². The Bertz CT molecular complexity index is 4650. The predicted molar refractivity (Wildman–Crippen MR) is 220 cm³/mol. The van der Waals surface area contributed by atoms with E-state index in [0.29, 0.717) is 16.2 Å². The zero-order valence-electron chi connectivity index (χ0n) is 55.0. The number of thiophene rings is 1. The van der Waals surface area contributed by atoms with E-state index in [9.17, 15) is 15.1 Å². The molecular formula is C49H31NOS. The summed E-state index contributed by atoms with van der Waals surface area (Å²) in [6.45, 7) is 0. The molecule has 244 valence electrons. The van der Waals surface area contributed by atoms with Gasteiger partial charge in [-0.3, -0.25) is 0 Å². The van der Waals surface area contributed by atoms with Crippen molar-refractivity contribution in [1.29, 1.82) is 0 Å². The van der Waals surface area contributed by atoms with Crippen molar-refractivity contribution in [3.05, 3.63) is 186 Å². The van der Waals surface area contributed by atoms with Crippen LogP contribution in [0.5, 0.6) is 0 Å². The minimum Gasteiger partial charge on any atom is -0.455 e. The zero-order valence-corrected chi connectivity index (χ0v) is 26.8. The van der Waals surface area contributed by atoms with Crippen molar-refractivity contribution < 1.29 is 44.2 Å². The molecule has 0 saturated heterocycles. The fourth-order valence-electron chi connectivity index (χ4n) is 6.44. The molecule has 0 saturated carbocycles. The van der Waals surface area contributed by atoms with Crippen molar-refractivity contribution in [2.75, 3.05) is 4.90 Å². The van der Waals surface area contributed by atoms with E-state index in [1.54, 1.807) is 0 Å². The first-order chi connectivity index (χ1) is 37.9. The number of rotatable bonds is 5. The molecule has 3 heteroatoms. The lowest BCUT2D eigenvalue weighted by atomic mass is 9.92. The van der Waals surface area contributed by atoms with Crippen molar-refractivity contribution >= 4 is 70.5 Å². The van der Waals surface area contributed by atoms with Gasteiger partial charge >= 0.3 is 0 Å². The lowest BCUT2D eigenvalue weighted by Crippen LogP contribution is -2.10. The molecule has 0 N–H and O–H groups in total. The quantitative estimate of drug-likeness (QED) is 0.177. The Morgan fingerprint density at radius 3 is 2.02 bits per heavy atom. The van der Waals surface area contributed by atoms with Crippen LogP contribution in [0.15, 0.2) is 180 Å². The van der Waals surface area contributed by atoms with Crippen LogP contribution in [-0.4, -0.2) is 0 Å². The van der Waals surface area contributed by atoms with Gasteiger partial charge in [0.05, 0.1) is 50.8 Å². The average molecular weight is 711 g/mol. The molecule has 0 spiro atoms. The SMILES string of the molecule is [2H]c1c([2H])c([2H])c(N(c2c([2H])c([2H])c3c(c2[2H])Cc2c([2H])c([2H])c([2H])c([2H])c2-3)c2c([2H])c([2H])c(-c3c([2H])c([2H])c([2H])c([2H])c3-c3c([2H])c([2H])c([2H])c4c3sc3c([2H])c([2H])c([2H])c([2H])c34)c3oc4c([2H])c([2H])c([2H])c([2H])c4c23)c([2H])c1[2H]. The van der Waals surface area contributed by atoms with Gasteiger partial charge in [-0.1, -0.05) is 127 Å². The van der Waals surface area contributed by atoms with Crippen LogP contribution in [0.2, 0.25) is 0 Å². The maximum absolute atomic E-state index is 10.1. The lowest BCUT2D eigenvalue weighted by Gasteiger charge is -2.27. The second kappa shape index (κ2) is 11.6. The van der Waals surface area contributed by atoms with Gasteiger partial charge in [0.1, 0.15) is 11.2 Å². The summed E-state index contributed by atoms with van der Waals surface area (Å²) in [6, 6.07) is -25.7. The van der Waals surface area contributed by atoms with Crippen LogP contribution in [0.3, 0.4) is 0 Å². The van der Waals surface area contributed by atoms with Crippen LogP contribution in [0, 0.1) is 0 Å². The van der Waals surface area contributed by atoms with Gasteiger partial charge in [0, 0.05) is 48.1 Å². The maximum Gasteiger partial charge on any atom is 0.145 e. The molecule has 1 aliphatic rings. The Morgan fingerprint density at radius 2 is 1.13 bits per heavy atom. The Balaban J connectivity index is 1.38. The molecule has 10 aromatic rings. The maximum atomic E-state index is 10.1. The summed E-state index contributed by atoms with van der Waals surface area (Å²) < 4.78 is 269. The van der Waals surface area contributed by atoms with Gasteiger partial charge in [-0.05, 0) is 88.1 Å². The third kappa shape index (κ3) is 4.43. The monoisotopic (exact) mass is 710 g/mol. The molecular weight excluding hydrogens is 651 g/mol. The van der Waals surface area contributed by atoms with Crippen molar-refractivity contribution in [2.24, 2.45) is 0 Å². The third-order valence-corrected chi connectivity index (χ3v) is 9.75. The lowest BCUT2D eigenvalue weighted by molar-refractivity contribution is 0.670. The second-order valence-electron chi connectivity index (χ2n) is 11.4. The highest BCUT2D eigenvalue weighted by Crippen LogP contribution is 2.49. The molecule has 0 bridgehead atoms. The van der Waals surface area contributed by atoms with Crippen LogP contribution in [0.25, 0.3) is 75.5 Å². The third-order valence-electron chi connectivity index (χ3n) is 8.63. The standard InChI is InChI=1S/C49H31NOS/c1-2-14-33(15-3-1)50(34-25-26-36-32(30-34)29-31-13-4-5-16-35(31)36)44-28-27-40(48-47(44)43-20-8-10-23-45(43)51-48)37-17-6-7-18-38(37)41-21-12-22-42-39-19-9-11-24-46(39)52-49(41)42/h1-28,30H,29H2/i1D,2D,3D,4D,5D,6D,7D,8D,9D,10D,11D,12D,13D,14D,15D,16D,17D,18D,19D,20D,21D,22D,23D,24D,25D,26D,27D,28D,30D. The highest BCUT2D eigenvalue weighted by atomic mass is 32.1. The van der Waals surface area contributed by atoms with E-state index in [1.807, 2.05) is 0 Å². The van der Waals surface area contributed by atoms with Crippen LogP contribution < -0.4 is 4.90 Å². The topological polar surface area (TPSA) is 16.4 Å². The van der Waals surface area contributed by atoms with E-state index in [-0.39, 0.29) is 42.4 Å². The Hall–Kier alpha value is -6.42. The largest absolute Gasteiger partial charge is 0.455 e. The molecule has 0 amide bonds. The van der Waals surface area contributed by atoms with Gasteiger partial charge in [-0.2, -0.15) is 0 Å². The fraction of sp³-hybridized carbons (Fsp3) is 0.0204. The molecule has 2 nitrogen and oxygen atoms in total. The number of benzene rings is 8. The van der Waals surface area contributed by atoms with Crippen molar-refractivity contribution in [2.45, 2.75) is 6.42 Å². The molecule has 0 unspecified atom stereocenters. The number of hydrogen-bond acceptors (Lipinski definition) is 3. The van der Waals surface area contributed by atoms with Gasteiger partial charge < -0.3 is 9.32 Å². The highest BCUT2D eigenvalue weighted by molar-refractivity contribution is 7.26. The first-order valence-corrected chi connectivity index (χ1v) is 16.3. The fourth-order valence-corrected chi connectivity index (χ4v) is 7.51. The van der Waals surface area contributed by atoms with Gasteiger partial charge in [-0.25, -0.2) is 0 Å². The number of furan rings is 1. The first kappa shape index (κ1) is 12.7. The number of hydrogen-bond donors (Lipinski definition) is 0. The summed E-state index contributed by atoms with van der Waals surface area (Å²) >= 11 is 0.591. The Kier molecular flexibility index (Phi) is 2.82. The van der Waals surface area contributed by atoms with Crippen molar-refractivity contribution in [3.8, 4) is 33.4 Å². The van der Waals surface area contributed by atoms with Crippen LogP contribution >= 0.6 is 11.3 Å². The van der Waals surface area contributed by atoms with Gasteiger partial charge in [0.15, 0.2) is 0 Å². The minimum absolute atomic E-state index is 0.0912. The summed E-state index contributed by atoms with van der Waals surface area (Å²) in [5.74, 6) is 0. The molecule has 0 fully saturated rings. The zero-order chi connectivity index (χ0) is 59.4. The molecule has 11 rings (SSSR count). The van der Waals surface area contributed by atoms with Crippen LogP contribution in [0.1, 0.15) is 50.9 Å². The summed E-state index contributed by atoms with van der Waals surface area (Å²) in [6.07, 6.45) is -0.499. The van der Waals surface area contributed by atoms with Crippen LogP contribution in [0.4, 0.5) is 17.1 Å². The van der Waals surface area contributed by atoms with E-state index in [4.69, 9.17) is 29.1 Å². The molecule has 2 heterocycles. The molecule has 0 aliphatic heterocycles. The van der Waals surface area contributed by atoms with Gasteiger partial charge in [0.2, 0.25) is 0 Å². The van der Waals surface area contributed by atoms with E-state index < -0.39 is 243 Å². The average Bonchev–Trinajstić information content (AvgIpc) is 4.17. The first-order valence-electron chi connectivity index (χ1n) is 29.9. The Labute approximate surface area is 346 Å². The minimum atomic E-state index is -1.18. The summed E-state index contributed by atoms with van der Waals surface area (Å²) in [5.41, 5.74) is -8.19. The highest BCUT2D eigenvalue weighted by Gasteiger charge is 2.25. The molecule has 0 radical (unpaired) electrons. The Morgan fingerprint density at radius 1 is 0.481 bits per heavy atom. The summed E-state index contributed by atoms with van der Waals surface area (Å²) in [4.78, 5) is 0.575. The van der Waals surface area contributed by atoms with Gasteiger partial charge in [0.25, 0.3) is 0 Å². The predicted octanol–water partition coefficient (Wildman–Crippen LogP) is 14.3. The van der Waals surface area contributed by atoms with Crippen molar-refractivity contribution in [1.82, 2.24) is 0 Å². The van der Waals surface area contributed by atoms with E-state index in [0.717, 1.165) is 0 Å². The summed E-state index contributed by atoms with van der Waals surface area (Å²) in [5, 5.41) is -2.01. The van der Waals surface area contributed by atoms with Gasteiger partial charge in [-0.15, -0.1) is 11.3 Å². The molecule has 52 heavy (non-hydrogen) atoms. The number of para-hydroxylation sites is 2. The number of anilines is 3. The summed E-state index contributed by atoms with van der Waals surface area (Å²) in [7, 11) is 0. The van der Waals surface area contributed by atoms with Crippen LogP contribution in [-0.2, 0) is 6.42 Å². The smallest absolute Gasteiger partial charge is 0.145 e. The van der Waals surface area contributed by atoms with E-state index >= 15 is 0 Å². The molecule has 2 aromatic heterocycles. The molecule has 1 aliphatic carbocycles. The number of nitrogens with zero attached hydrogens (tertiary/aromatic N) is 1. The van der Waals surface area contributed by atoms with Crippen molar-refractivity contribution in [3.63, 3.8) is 0 Å². The van der Waals surface area contributed by atoms with E-state index in [2.05, 4.69) is 0 Å². The normalized spacial score (nSPS) is 20.0.